The molecule has 0 radical (unpaired) electrons. The van der Waals surface area contributed by atoms with Crippen LogP contribution in [-0.4, -0.2) is 24.1 Å². The molecule has 1 rings (SSSR count). The molecule has 0 spiro atoms. The van der Waals surface area contributed by atoms with E-state index in [4.69, 9.17) is 4.74 Å². The van der Waals surface area contributed by atoms with Gasteiger partial charge in [0.2, 0.25) is 0 Å². The summed E-state index contributed by atoms with van der Waals surface area (Å²) in [6.45, 7) is 7.09. The molecule has 0 aromatic rings. The van der Waals surface area contributed by atoms with Crippen LogP contribution in [0.1, 0.15) is 0 Å². The van der Waals surface area contributed by atoms with E-state index in [1.807, 2.05) is 0 Å². The van der Waals surface area contributed by atoms with Crippen molar-refractivity contribution in [3.8, 4) is 0 Å². The molecule has 1 aliphatic rings. The highest BCUT2D eigenvalue weighted by Gasteiger charge is 2.30. The fraction of sp³-hybridized carbons (Fsp3) is 0.286. The molecular weight excluding hydrogens is 130 g/mol. The summed E-state index contributed by atoms with van der Waals surface area (Å²) in [7, 11) is 1.65. The Morgan fingerprint density at radius 3 is 2.60 bits per heavy atom. The lowest BCUT2D eigenvalue weighted by Crippen LogP contribution is -2.26. The van der Waals surface area contributed by atoms with Crippen molar-refractivity contribution in [2.24, 2.45) is 0 Å². The number of hydrogen-bond acceptors (Lipinski definition) is 2. The average Bonchev–Trinajstić information content (AvgIpc) is 2.09. The zero-order chi connectivity index (χ0) is 7.72. The van der Waals surface area contributed by atoms with Crippen LogP contribution in [0.15, 0.2) is 25.0 Å². The van der Waals surface area contributed by atoms with Crippen LogP contribution in [0.2, 0.25) is 0 Å². The summed E-state index contributed by atoms with van der Waals surface area (Å²) in [5, 5.41) is 0. The number of hydrogen-bond donors (Lipinski definition) is 0. The first kappa shape index (κ1) is 6.86. The van der Waals surface area contributed by atoms with Gasteiger partial charge in [-0.1, -0.05) is 12.7 Å². The minimum atomic E-state index is -0.366. The normalized spacial score (nSPS) is 24.9. The molecule has 0 aromatic heterocycles. The smallest absolute Gasteiger partial charge is 0.413 e. The predicted molar refractivity (Wildman–Crippen MR) is 37.4 cm³/mol. The van der Waals surface area contributed by atoms with Crippen molar-refractivity contribution in [1.29, 1.82) is 0 Å². The van der Waals surface area contributed by atoms with Crippen molar-refractivity contribution < 1.29 is 9.53 Å². The first-order valence-corrected chi connectivity index (χ1v) is 2.93. The third kappa shape index (κ3) is 0.795. The van der Waals surface area contributed by atoms with Gasteiger partial charge in [0, 0.05) is 7.05 Å². The van der Waals surface area contributed by atoms with Crippen LogP contribution in [0.3, 0.4) is 0 Å². The van der Waals surface area contributed by atoms with Gasteiger partial charge in [0.25, 0.3) is 0 Å². The molecule has 0 bridgehead atoms. The lowest BCUT2D eigenvalue weighted by molar-refractivity contribution is 0.174. The molecule has 10 heavy (non-hydrogen) atoms. The molecule has 1 fully saturated rings. The van der Waals surface area contributed by atoms with E-state index < -0.39 is 0 Å². The highest BCUT2D eigenvalue weighted by molar-refractivity contribution is 5.73. The first-order chi connectivity index (χ1) is 4.66. The number of likely N-dealkylation sites (N-methyl/N-ethyl adjacent to an activating group) is 1. The Labute approximate surface area is 59.6 Å². The molecular formula is C7H9NO2. The second-order valence-electron chi connectivity index (χ2n) is 2.13. The molecule has 0 N–H and O–H groups in total. The molecule has 0 aromatic carbocycles. The molecule has 3 nitrogen and oxygen atoms in total. The van der Waals surface area contributed by atoms with Gasteiger partial charge in [0.05, 0.1) is 0 Å². The van der Waals surface area contributed by atoms with Crippen molar-refractivity contribution in [3.05, 3.63) is 25.0 Å². The van der Waals surface area contributed by atoms with E-state index in [1.165, 1.54) is 4.90 Å². The molecule has 1 heterocycles. The summed E-state index contributed by atoms with van der Waals surface area (Å²) >= 11 is 0. The molecule has 1 unspecified atom stereocenters. The van der Waals surface area contributed by atoms with Gasteiger partial charge in [-0.2, -0.15) is 0 Å². The predicted octanol–water partition coefficient (Wildman–Crippen LogP) is 1.14. The second-order valence-corrected chi connectivity index (χ2v) is 2.13. The molecule has 0 aliphatic carbocycles. The zero-order valence-corrected chi connectivity index (χ0v) is 5.83. The lowest BCUT2D eigenvalue weighted by Gasteiger charge is -2.09. The Kier molecular flexibility index (Phi) is 1.49. The zero-order valence-electron chi connectivity index (χ0n) is 5.83. The van der Waals surface area contributed by atoms with Crippen molar-refractivity contribution in [3.63, 3.8) is 0 Å². The molecule has 0 saturated carbocycles. The van der Waals surface area contributed by atoms with Gasteiger partial charge in [-0.15, -0.1) is 6.58 Å². The Hall–Kier alpha value is -1.25. The van der Waals surface area contributed by atoms with Crippen molar-refractivity contribution >= 4 is 6.09 Å². The van der Waals surface area contributed by atoms with Gasteiger partial charge in [-0.3, -0.25) is 4.90 Å². The van der Waals surface area contributed by atoms with Crippen LogP contribution in [0.5, 0.6) is 0 Å². The third-order valence-electron chi connectivity index (χ3n) is 1.48. The van der Waals surface area contributed by atoms with Crippen LogP contribution in [-0.2, 0) is 4.74 Å². The highest BCUT2D eigenvalue weighted by Crippen LogP contribution is 2.19. The molecule has 1 aliphatic heterocycles. The average molecular weight is 139 g/mol. The maximum atomic E-state index is 10.7. The number of amides is 1. The van der Waals surface area contributed by atoms with Crippen LogP contribution in [0.4, 0.5) is 4.79 Å². The molecule has 54 valence electrons. The lowest BCUT2D eigenvalue weighted by atomic mass is 10.2. The van der Waals surface area contributed by atoms with Crippen LogP contribution >= 0.6 is 0 Å². The van der Waals surface area contributed by atoms with E-state index in [2.05, 4.69) is 13.2 Å². The maximum Gasteiger partial charge on any atom is 0.415 e. The Morgan fingerprint density at radius 2 is 2.40 bits per heavy atom. The fourth-order valence-electron chi connectivity index (χ4n) is 0.864. The Balaban J connectivity index is 2.83. The number of rotatable bonds is 1. The SMILES string of the molecule is C=CC1C(=C)OC(=O)N1C. The van der Waals surface area contributed by atoms with E-state index in [1.54, 1.807) is 13.1 Å². The van der Waals surface area contributed by atoms with Gasteiger partial charge in [-0.25, -0.2) is 4.79 Å². The number of cyclic esters (lactones) is 1. The topological polar surface area (TPSA) is 29.5 Å². The van der Waals surface area contributed by atoms with Crippen molar-refractivity contribution in [2.45, 2.75) is 6.04 Å². The maximum absolute atomic E-state index is 10.7. The molecule has 1 atom stereocenters. The monoisotopic (exact) mass is 139 g/mol. The van der Waals surface area contributed by atoms with E-state index in [-0.39, 0.29) is 12.1 Å². The largest absolute Gasteiger partial charge is 0.415 e. The van der Waals surface area contributed by atoms with Gasteiger partial charge in [0.15, 0.2) is 0 Å². The Bertz CT molecular complexity index is 198. The van der Waals surface area contributed by atoms with E-state index >= 15 is 0 Å². The molecule has 3 heteroatoms. The number of carbonyl (C=O) groups is 1. The number of carbonyl (C=O) groups excluding carboxylic acids is 1. The number of ether oxygens (including phenoxy) is 1. The third-order valence-corrected chi connectivity index (χ3v) is 1.48. The summed E-state index contributed by atoms with van der Waals surface area (Å²) in [6.07, 6.45) is 1.25. The van der Waals surface area contributed by atoms with E-state index in [0.29, 0.717) is 5.76 Å². The summed E-state index contributed by atoms with van der Waals surface area (Å²) < 4.78 is 4.70. The van der Waals surface area contributed by atoms with Gasteiger partial charge in [0.1, 0.15) is 11.8 Å². The summed E-state index contributed by atoms with van der Waals surface area (Å²) in [5.74, 6) is 0.447. The van der Waals surface area contributed by atoms with Crippen LogP contribution < -0.4 is 0 Å². The van der Waals surface area contributed by atoms with Crippen LogP contribution in [0, 0.1) is 0 Å². The summed E-state index contributed by atoms with van der Waals surface area (Å²) in [4.78, 5) is 12.2. The van der Waals surface area contributed by atoms with Gasteiger partial charge < -0.3 is 4.74 Å². The Morgan fingerprint density at radius 1 is 1.80 bits per heavy atom. The quantitative estimate of drug-likeness (QED) is 0.510. The standard InChI is InChI=1S/C7H9NO2/c1-4-6-5(2)10-7(9)8(6)3/h4,6H,1-2H2,3H3. The molecule has 1 saturated heterocycles. The van der Waals surface area contributed by atoms with E-state index in [9.17, 15) is 4.79 Å². The van der Waals surface area contributed by atoms with Crippen LogP contribution in [0.25, 0.3) is 0 Å². The minimum Gasteiger partial charge on any atom is -0.413 e. The second kappa shape index (κ2) is 2.17. The summed E-state index contributed by atoms with van der Waals surface area (Å²) in [6, 6.07) is -0.160. The summed E-state index contributed by atoms with van der Waals surface area (Å²) in [5.41, 5.74) is 0. The van der Waals surface area contributed by atoms with E-state index in [0.717, 1.165) is 0 Å². The van der Waals surface area contributed by atoms with Crippen molar-refractivity contribution in [1.82, 2.24) is 4.90 Å². The number of nitrogens with zero attached hydrogens (tertiary/aromatic N) is 1. The first-order valence-electron chi connectivity index (χ1n) is 2.93. The van der Waals surface area contributed by atoms with Gasteiger partial charge >= 0.3 is 6.09 Å². The van der Waals surface area contributed by atoms with Gasteiger partial charge in [-0.05, 0) is 0 Å². The molecule has 1 amide bonds. The fourth-order valence-corrected chi connectivity index (χ4v) is 0.864. The highest BCUT2D eigenvalue weighted by atomic mass is 16.6. The van der Waals surface area contributed by atoms with Crippen molar-refractivity contribution in [2.75, 3.05) is 7.05 Å². The minimum absolute atomic E-state index is 0.160.